The van der Waals surface area contributed by atoms with Crippen LogP contribution in [0.3, 0.4) is 0 Å². The molecule has 0 spiro atoms. The highest BCUT2D eigenvalue weighted by Gasteiger charge is 2.15. The number of alkyl halides is 1. The lowest BCUT2D eigenvalue weighted by molar-refractivity contribution is -0.147. The van der Waals surface area contributed by atoms with Gasteiger partial charge in [-0.2, -0.15) is 0 Å². The van der Waals surface area contributed by atoms with E-state index < -0.39 is 12.1 Å². The van der Waals surface area contributed by atoms with E-state index in [4.69, 9.17) is 16.3 Å². The number of ether oxygens (including phenoxy) is 2. The summed E-state index contributed by atoms with van der Waals surface area (Å²) in [6, 6.07) is 5.30. The molecule has 1 aromatic carbocycles. The summed E-state index contributed by atoms with van der Waals surface area (Å²) in [5, 5.41) is 1.25. The molecule has 16 heavy (non-hydrogen) atoms. The molecule has 0 bridgehead atoms. The van der Waals surface area contributed by atoms with Crippen molar-refractivity contribution >= 4 is 33.5 Å². The number of carbonyl (C=O) groups is 1. The maximum Gasteiger partial charge on any atom is 0.346 e. The fourth-order valence-corrected chi connectivity index (χ4v) is 1.76. The molecule has 0 heterocycles. The van der Waals surface area contributed by atoms with Crippen LogP contribution in [0.5, 0.6) is 5.75 Å². The average Bonchev–Trinajstić information content (AvgIpc) is 2.26. The number of esters is 1. The first-order valence-corrected chi connectivity index (χ1v) is 6.16. The molecule has 1 rings (SSSR count). The highest BCUT2D eigenvalue weighted by Crippen LogP contribution is 2.23. The SMILES string of the molecule is COC(=O)[C@H](C)Oc1cc(Cl)cc(CBr)c1. The zero-order valence-electron chi connectivity index (χ0n) is 9.00. The van der Waals surface area contributed by atoms with Crippen LogP contribution in [0.2, 0.25) is 5.02 Å². The number of benzene rings is 1. The van der Waals surface area contributed by atoms with Crippen molar-refractivity contribution in [3.63, 3.8) is 0 Å². The summed E-state index contributed by atoms with van der Waals surface area (Å²) >= 11 is 9.24. The molecule has 0 fully saturated rings. The van der Waals surface area contributed by atoms with Gasteiger partial charge in [-0.3, -0.25) is 0 Å². The van der Waals surface area contributed by atoms with Crippen LogP contribution in [0.1, 0.15) is 12.5 Å². The van der Waals surface area contributed by atoms with Gasteiger partial charge in [0.05, 0.1) is 7.11 Å². The van der Waals surface area contributed by atoms with E-state index in [1.807, 2.05) is 12.1 Å². The van der Waals surface area contributed by atoms with Crippen LogP contribution in [0.15, 0.2) is 18.2 Å². The number of rotatable bonds is 4. The highest BCUT2D eigenvalue weighted by molar-refractivity contribution is 9.08. The largest absolute Gasteiger partial charge is 0.479 e. The summed E-state index contributed by atoms with van der Waals surface area (Å²) in [5.41, 5.74) is 0.986. The van der Waals surface area contributed by atoms with Crippen LogP contribution in [-0.2, 0) is 14.9 Å². The van der Waals surface area contributed by atoms with Crippen molar-refractivity contribution in [2.45, 2.75) is 18.4 Å². The zero-order chi connectivity index (χ0) is 12.1. The van der Waals surface area contributed by atoms with Crippen molar-refractivity contribution in [1.29, 1.82) is 0 Å². The van der Waals surface area contributed by atoms with Gasteiger partial charge in [-0.1, -0.05) is 27.5 Å². The summed E-state index contributed by atoms with van der Waals surface area (Å²) in [5.74, 6) is 0.139. The molecule has 0 aromatic heterocycles. The van der Waals surface area contributed by atoms with E-state index >= 15 is 0 Å². The van der Waals surface area contributed by atoms with Gasteiger partial charge in [-0.25, -0.2) is 4.79 Å². The van der Waals surface area contributed by atoms with E-state index in [9.17, 15) is 4.79 Å². The maximum absolute atomic E-state index is 11.2. The van der Waals surface area contributed by atoms with Gasteiger partial charge in [0.15, 0.2) is 6.10 Å². The Hall–Kier alpha value is -0.740. The first-order chi connectivity index (χ1) is 7.56. The Morgan fingerprint density at radius 1 is 1.50 bits per heavy atom. The first kappa shape index (κ1) is 13.3. The molecule has 0 unspecified atom stereocenters. The maximum atomic E-state index is 11.2. The van der Waals surface area contributed by atoms with Crippen molar-refractivity contribution in [3.8, 4) is 5.75 Å². The minimum Gasteiger partial charge on any atom is -0.479 e. The molecule has 0 N–H and O–H groups in total. The Kier molecular flexibility index (Phi) is 5.09. The quantitative estimate of drug-likeness (QED) is 0.633. The van der Waals surface area contributed by atoms with Gasteiger partial charge in [0.1, 0.15) is 5.75 Å². The van der Waals surface area contributed by atoms with Gasteiger partial charge in [0, 0.05) is 10.4 Å². The van der Waals surface area contributed by atoms with Crippen LogP contribution in [0, 0.1) is 0 Å². The fraction of sp³-hybridized carbons (Fsp3) is 0.364. The molecule has 3 nitrogen and oxygen atoms in total. The predicted octanol–water partition coefficient (Wildman–Crippen LogP) is 3.18. The number of carbonyl (C=O) groups excluding carboxylic acids is 1. The molecule has 0 saturated heterocycles. The lowest BCUT2D eigenvalue weighted by atomic mass is 10.2. The summed E-state index contributed by atoms with van der Waals surface area (Å²) in [7, 11) is 1.32. The number of methoxy groups -OCH3 is 1. The van der Waals surface area contributed by atoms with Gasteiger partial charge >= 0.3 is 5.97 Å². The van der Waals surface area contributed by atoms with Crippen LogP contribution in [0.4, 0.5) is 0 Å². The van der Waals surface area contributed by atoms with E-state index in [0.717, 1.165) is 5.56 Å². The van der Waals surface area contributed by atoms with Gasteiger partial charge in [-0.15, -0.1) is 0 Å². The molecule has 0 radical (unpaired) electrons. The van der Waals surface area contributed by atoms with E-state index in [1.54, 1.807) is 13.0 Å². The standard InChI is InChI=1S/C11H12BrClO3/c1-7(11(14)15-2)16-10-4-8(6-12)3-9(13)5-10/h3-5,7H,6H2,1-2H3/t7-/m0/s1. The molecule has 1 atom stereocenters. The van der Waals surface area contributed by atoms with Crippen molar-refractivity contribution in [2.24, 2.45) is 0 Å². The van der Waals surface area contributed by atoms with Gasteiger partial charge in [-0.05, 0) is 30.7 Å². The highest BCUT2D eigenvalue weighted by atomic mass is 79.9. The third kappa shape index (κ3) is 3.68. The predicted molar refractivity (Wildman–Crippen MR) is 66.2 cm³/mol. The summed E-state index contributed by atoms with van der Waals surface area (Å²) < 4.78 is 9.98. The van der Waals surface area contributed by atoms with Crippen LogP contribution in [-0.4, -0.2) is 19.2 Å². The Balaban J connectivity index is 2.80. The first-order valence-electron chi connectivity index (χ1n) is 4.66. The van der Waals surface area contributed by atoms with Crippen molar-refractivity contribution in [1.82, 2.24) is 0 Å². The third-order valence-corrected chi connectivity index (χ3v) is 2.80. The van der Waals surface area contributed by atoms with Crippen LogP contribution in [0.25, 0.3) is 0 Å². The van der Waals surface area contributed by atoms with Crippen molar-refractivity contribution < 1.29 is 14.3 Å². The third-order valence-electron chi connectivity index (χ3n) is 1.93. The molecule has 0 saturated carbocycles. The Morgan fingerprint density at radius 2 is 2.19 bits per heavy atom. The number of hydrogen-bond acceptors (Lipinski definition) is 3. The molecule has 1 aromatic rings. The fourth-order valence-electron chi connectivity index (χ4n) is 1.18. The van der Waals surface area contributed by atoms with Crippen molar-refractivity contribution in [3.05, 3.63) is 28.8 Å². The second-order valence-corrected chi connectivity index (χ2v) is 4.21. The normalized spacial score (nSPS) is 12.0. The Bertz CT molecular complexity index is 381. The number of hydrogen-bond donors (Lipinski definition) is 0. The topological polar surface area (TPSA) is 35.5 Å². The van der Waals surface area contributed by atoms with Gasteiger partial charge in [0.25, 0.3) is 0 Å². The van der Waals surface area contributed by atoms with Crippen LogP contribution >= 0.6 is 27.5 Å². The second kappa shape index (κ2) is 6.11. The molecular weight excluding hydrogens is 295 g/mol. The van der Waals surface area contributed by atoms with E-state index in [2.05, 4.69) is 20.7 Å². The minimum absolute atomic E-state index is 0.416. The summed E-state index contributed by atoms with van der Waals surface area (Å²) in [4.78, 5) is 11.2. The summed E-state index contributed by atoms with van der Waals surface area (Å²) in [6.07, 6.45) is -0.647. The van der Waals surface area contributed by atoms with Gasteiger partial charge < -0.3 is 9.47 Å². The van der Waals surface area contributed by atoms with Gasteiger partial charge in [0.2, 0.25) is 0 Å². The summed E-state index contributed by atoms with van der Waals surface area (Å²) in [6.45, 7) is 1.63. The molecule has 0 aliphatic carbocycles. The molecule has 88 valence electrons. The molecular formula is C11H12BrClO3. The van der Waals surface area contributed by atoms with Crippen molar-refractivity contribution in [2.75, 3.05) is 7.11 Å². The lowest BCUT2D eigenvalue weighted by Crippen LogP contribution is -2.24. The smallest absolute Gasteiger partial charge is 0.346 e. The van der Waals surface area contributed by atoms with E-state index in [0.29, 0.717) is 16.1 Å². The Morgan fingerprint density at radius 3 is 2.75 bits per heavy atom. The minimum atomic E-state index is -0.647. The molecule has 0 aliphatic rings. The molecule has 5 heteroatoms. The number of halogens is 2. The van der Waals surface area contributed by atoms with Crippen LogP contribution < -0.4 is 4.74 Å². The van der Waals surface area contributed by atoms with E-state index in [1.165, 1.54) is 7.11 Å². The van der Waals surface area contributed by atoms with E-state index in [-0.39, 0.29) is 0 Å². The Labute approximate surface area is 108 Å². The molecule has 0 amide bonds. The monoisotopic (exact) mass is 306 g/mol. The zero-order valence-corrected chi connectivity index (χ0v) is 11.3. The second-order valence-electron chi connectivity index (χ2n) is 3.21. The average molecular weight is 308 g/mol. The molecule has 0 aliphatic heterocycles. The lowest BCUT2D eigenvalue weighted by Gasteiger charge is -2.13.